The van der Waals surface area contributed by atoms with E-state index in [-0.39, 0.29) is 17.4 Å². The lowest BCUT2D eigenvalue weighted by Crippen LogP contribution is -2.19. The number of nitrogens with one attached hydrogen (secondary N) is 3. The molecule has 31 heavy (non-hydrogen) atoms. The van der Waals surface area contributed by atoms with Crippen LogP contribution < -0.4 is 25.7 Å². The molecule has 1 aliphatic rings. The minimum atomic E-state index is -0.372. The maximum Gasteiger partial charge on any atom is 0.257 e. The number of H-pyrrole nitrogens is 1. The van der Waals surface area contributed by atoms with Crippen molar-refractivity contribution < 1.29 is 19.1 Å². The van der Waals surface area contributed by atoms with Gasteiger partial charge in [0.25, 0.3) is 11.5 Å². The predicted molar refractivity (Wildman–Crippen MR) is 115 cm³/mol. The molecule has 2 heterocycles. The molecule has 158 valence electrons. The van der Waals surface area contributed by atoms with Gasteiger partial charge in [-0.15, -0.1) is 0 Å². The Kier molecular flexibility index (Phi) is 5.70. The van der Waals surface area contributed by atoms with E-state index in [1.807, 2.05) is 12.1 Å². The van der Waals surface area contributed by atoms with Crippen LogP contribution in [-0.2, 0) is 11.3 Å². The van der Waals surface area contributed by atoms with Gasteiger partial charge in [-0.05, 0) is 35.4 Å². The van der Waals surface area contributed by atoms with Crippen LogP contribution in [0.15, 0.2) is 59.5 Å². The molecule has 2 amide bonds. The Hall–Kier alpha value is -4.07. The second-order valence-corrected chi connectivity index (χ2v) is 7.05. The molecule has 3 aromatic rings. The molecule has 2 aromatic carbocycles. The predicted octanol–water partition coefficient (Wildman–Crippen LogP) is 2.70. The number of rotatable bonds is 5. The van der Waals surface area contributed by atoms with Gasteiger partial charge in [-0.25, -0.2) is 0 Å². The third-order valence-electron chi connectivity index (χ3n) is 4.74. The van der Waals surface area contributed by atoms with E-state index in [1.54, 1.807) is 36.4 Å². The lowest BCUT2D eigenvalue weighted by Gasteiger charge is -2.19. The molecule has 3 N–H and O–H groups in total. The van der Waals surface area contributed by atoms with Gasteiger partial charge in [0, 0.05) is 37.0 Å². The van der Waals surface area contributed by atoms with Crippen molar-refractivity contribution in [3.63, 3.8) is 0 Å². The second-order valence-electron chi connectivity index (χ2n) is 7.05. The van der Waals surface area contributed by atoms with Crippen molar-refractivity contribution in [2.45, 2.75) is 13.5 Å². The lowest BCUT2D eigenvalue weighted by molar-refractivity contribution is -0.119. The molecule has 8 heteroatoms. The number of hydrogen-bond acceptors (Lipinski definition) is 5. The van der Waals surface area contributed by atoms with Gasteiger partial charge in [-0.1, -0.05) is 18.2 Å². The molecule has 0 aliphatic carbocycles. The van der Waals surface area contributed by atoms with E-state index < -0.39 is 0 Å². The van der Waals surface area contributed by atoms with Gasteiger partial charge >= 0.3 is 0 Å². The minimum Gasteiger partial charge on any atom is -0.486 e. The Bertz CT molecular complexity index is 1200. The summed E-state index contributed by atoms with van der Waals surface area (Å²) in [6.45, 7) is 2.74. The Morgan fingerprint density at radius 1 is 1.03 bits per heavy atom. The third-order valence-corrected chi connectivity index (χ3v) is 4.74. The Labute approximate surface area is 178 Å². The average Bonchev–Trinajstić information content (AvgIpc) is 2.78. The number of aromatic nitrogens is 1. The summed E-state index contributed by atoms with van der Waals surface area (Å²) < 4.78 is 11.0. The van der Waals surface area contributed by atoms with Crippen LogP contribution in [0.25, 0.3) is 11.1 Å². The van der Waals surface area contributed by atoms with Crippen molar-refractivity contribution in [1.82, 2.24) is 10.3 Å². The van der Waals surface area contributed by atoms with Crippen LogP contribution in [0.1, 0.15) is 22.8 Å². The molecular weight excluding hydrogens is 398 g/mol. The molecule has 1 aliphatic heterocycles. The fourth-order valence-electron chi connectivity index (χ4n) is 3.23. The maximum atomic E-state index is 12.8. The molecule has 8 nitrogen and oxygen atoms in total. The molecule has 0 fully saturated rings. The van der Waals surface area contributed by atoms with Crippen LogP contribution >= 0.6 is 0 Å². The molecule has 1 aromatic heterocycles. The standard InChI is InChI=1S/C23H21N3O5/c1-14(27)24-12-15-3-2-4-16(9-15)19-10-17(13-25-23(19)29)22(28)26-18-5-6-20-21(11-18)31-8-7-30-20/h2-6,9-11,13H,7-8,12H2,1H3,(H,24,27)(H,25,29)(H,26,28). The van der Waals surface area contributed by atoms with E-state index in [9.17, 15) is 14.4 Å². The first-order chi connectivity index (χ1) is 15.0. The number of carbonyl (C=O) groups is 2. The number of anilines is 1. The van der Waals surface area contributed by atoms with Gasteiger partial charge in [0.15, 0.2) is 11.5 Å². The third kappa shape index (κ3) is 4.75. The normalized spacial score (nSPS) is 12.2. The minimum absolute atomic E-state index is 0.138. The van der Waals surface area contributed by atoms with Crippen LogP contribution in [0.4, 0.5) is 5.69 Å². The van der Waals surface area contributed by atoms with E-state index >= 15 is 0 Å². The first-order valence-electron chi connectivity index (χ1n) is 9.77. The molecule has 0 spiro atoms. The molecule has 0 unspecified atom stereocenters. The fraction of sp³-hybridized carbons (Fsp3) is 0.174. The smallest absolute Gasteiger partial charge is 0.257 e. The van der Waals surface area contributed by atoms with E-state index in [2.05, 4.69) is 15.6 Å². The van der Waals surface area contributed by atoms with E-state index in [1.165, 1.54) is 13.1 Å². The largest absolute Gasteiger partial charge is 0.486 e. The van der Waals surface area contributed by atoms with Crippen molar-refractivity contribution >= 4 is 17.5 Å². The van der Waals surface area contributed by atoms with Gasteiger partial charge in [-0.2, -0.15) is 0 Å². The monoisotopic (exact) mass is 419 g/mol. The highest BCUT2D eigenvalue weighted by Crippen LogP contribution is 2.32. The molecule has 0 saturated carbocycles. The summed E-state index contributed by atoms with van der Waals surface area (Å²) in [5.41, 5.74) is 2.40. The Morgan fingerprint density at radius 2 is 1.84 bits per heavy atom. The summed E-state index contributed by atoms with van der Waals surface area (Å²) in [6.07, 6.45) is 1.38. The van der Waals surface area contributed by atoms with Gasteiger partial charge in [-0.3, -0.25) is 14.4 Å². The van der Waals surface area contributed by atoms with E-state index in [4.69, 9.17) is 9.47 Å². The van der Waals surface area contributed by atoms with Crippen molar-refractivity contribution in [2.24, 2.45) is 0 Å². The number of hydrogen-bond donors (Lipinski definition) is 3. The summed E-state index contributed by atoms with van der Waals surface area (Å²) in [5, 5.41) is 5.53. The topological polar surface area (TPSA) is 110 Å². The fourth-order valence-corrected chi connectivity index (χ4v) is 3.23. The molecule has 0 radical (unpaired) electrons. The molecule has 0 bridgehead atoms. The summed E-state index contributed by atoms with van der Waals surface area (Å²) in [6, 6.07) is 14.0. The van der Waals surface area contributed by atoms with E-state index in [0.717, 1.165) is 5.56 Å². The SMILES string of the molecule is CC(=O)NCc1cccc(-c2cc(C(=O)Nc3ccc4c(c3)OCCO4)c[nH]c2=O)c1. The molecular formula is C23H21N3O5. The first kappa shape index (κ1) is 20.2. The highest BCUT2D eigenvalue weighted by molar-refractivity contribution is 6.04. The zero-order valence-corrected chi connectivity index (χ0v) is 16.9. The van der Waals surface area contributed by atoms with Crippen LogP contribution in [0.5, 0.6) is 11.5 Å². The van der Waals surface area contributed by atoms with Crippen LogP contribution in [-0.4, -0.2) is 30.0 Å². The van der Waals surface area contributed by atoms with Crippen molar-refractivity contribution in [1.29, 1.82) is 0 Å². The lowest BCUT2D eigenvalue weighted by atomic mass is 10.0. The van der Waals surface area contributed by atoms with Crippen LogP contribution in [0.3, 0.4) is 0 Å². The van der Waals surface area contributed by atoms with Crippen LogP contribution in [0.2, 0.25) is 0 Å². The number of amides is 2. The van der Waals surface area contributed by atoms with Crippen molar-refractivity contribution in [3.8, 4) is 22.6 Å². The average molecular weight is 419 g/mol. The summed E-state index contributed by atoms with van der Waals surface area (Å²) in [4.78, 5) is 38.9. The Balaban J connectivity index is 1.56. The Morgan fingerprint density at radius 3 is 2.65 bits per heavy atom. The molecule has 4 rings (SSSR count). The van der Waals surface area contributed by atoms with Gasteiger partial charge in [0.05, 0.1) is 5.56 Å². The first-order valence-corrected chi connectivity index (χ1v) is 9.77. The highest BCUT2D eigenvalue weighted by Gasteiger charge is 2.15. The van der Waals surface area contributed by atoms with Crippen LogP contribution in [0, 0.1) is 0 Å². The summed E-state index contributed by atoms with van der Waals surface area (Å²) in [5.74, 6) is 0.696. The maximum absolute atomic E-state index is 12.8. The van der Waals surface area contributed by atoms with Crippen molar-refractivity contribution in [2.75, 3.05) is 18.5 Å². The molecule has 0 saturated heterocycles. The highest BCUT2D eigenvalue weighted by atomic mass is 16.6. The second kappa shape index (κ2) is 8.74. The number of carbonyl (C=O) groups excluding carboxylic acids is 2. The quantitative estimate of drug-likeness (QED) is 0.589. The number of fused-ring (bicyclic) bond motifs is 1. The van der Waals surface area contributed by atoms with Gasteiger partial charge in [0.1, 0.15) is 13.2 Å². The van der Waals surface area contributed by atoms with Gasteiger partial charge in [0.2, 0.25) is 5.91 Å². The van der Waals surface area contributed by atoms with E-state index in [0.29, 0.717) is 53.6 Å². The number of aromatic amines is 1. The van der Waals surface area contributed by atoms with Gasteiger partial charge < -0.3 is 25.1 Å². The zero-order chi connectivity index (χ0) is 21.8. The zero-order valence-electron chi connectivity index (χ0n) is 16.9. The number of ether oxygens (including phenoxy) is 2. The molecule has 0 atom stereocenters. The summed E-state index contributed by atoms with van der Waals surface area (Å²) >= 11 is 0. The van der Waals surface area contributed by atoms with Crippen molar-refractivity contribution in [3.05, 3.63) is 76.2 Å². The number of pyridine rings is 1. The number of benzene rings is 2. The summed E-state index contributed by atoms with van der Waals surface area (Å²) in [7, 11) is 0.